The molecule has 0 saturated carbocycles. The topological polar surface area (TPSA) is 53.6 Å². The smallest absolute Gasteiger partial charge is 0.135 e. The van der Waals surface area contributed by atoms with Crippen LogP contribution in [0.15, 0.2) is 47.5 Å². The molecule has 0 atom stereocenters. The third-order valence-electron chi connectivity index (χ3n) is 5.50. The quantitative estimate of drug-likeness (QED) is 0.637. The maximum atomic E-state index is 14.6. The molecule has 0 saturated heterocycles. The molecular formula is C23H24ClFN4O. The second-order valence-corrected chi connectivity index (χ2v) is 7.62. The molecule has 1 aromatic heterocycles. The predicted molar refractivity (Wildman–Crippen MR) is 117 cm³/mol. The van der Waals surface area contributed by atoms with Gasteiger partial charge in [-0.05, 0) is 43.4 Å². The Bertz CT molecular complexity index is 1100. The van der Waals surface area contributed by atoms with Crippen LogP contribution in [-0.2, 0) is 19.7 Å². The van der Waals surface area contributed by atoms with Gasteiger partial charge in [-0.1, -0.05) is 37.6 Å². The number of halogens is 2. The first-order valence-electron chi connectivity index (χ1n) is 10.1. The number of aliphatic hydroxyl groups excluding tert-OH is 1. The summed E-state index contributed by atoms with van der Waals surface area (Å²) in [7, 11) is 0. The van der Waals surface area contributed by atoms with Gasteiger partial charge in [-0.15, -0.1) is 0 Å². The number of aromatic nitrogens is 2. The van der Waals surface area contributed by atoms with Crippen LogP contribution in [-0.4, -0.2) is 38.4 Å². The van der Waals surface area contributed by atoms with Crippen molar-refractivity contribution < 1.29 is 9.50 Å². The molecule has 0 spiro atoms. The third kappa shape index (κ3) is 3.67. The number of imidazole rings is 1. The average Bonchev–Trinajstić information content (AvgIpc) is 3.02. The first-order valence-corrected chi connectivity index (χ1v) is 10.5. The largest absolute Gasteiger partial charge is 0.390 e. The van der Waals surface area contributed by atoms with Gasteiger partial charge in [0.2, 0.25) is 0 Å². The second-order valence-electron chi connectivity index (χ2n) is 7.18. The van der Waals surface area contributed by atoms with Crippen LogP contribution in [0.3, 0.4) is 0 Å². The zero-order chi connectivity index (χ0) is 21.3. The van der Waals surface area contributed by atoms with Gasteiger partial charge < -0.3 is 5.11 Å². The Morgan fingerprint density at radius 2 is 1.90 bits per heavy atom. The lowest BCUT2D eigenvalue weighted by atomic mass is 10.00. The van der Waals surface area contributed by atoms with Crippen molar-refractivity contribution in [3.63, 3.8) is 0 Å². The summed E-state index contributed by atoms with van der Waals surface area (Å²) in [6.45, 7) is 6.75. The van der Waals surface area contributed by atoms with Crippen LogP contribution in [0.4, 0.5) is 4.39 Å². The molecule has 0 fully saturated rings. The summed E-state index contributed by atoms with van der Waals surface area (Å²) in [6, 6.07) is 12.2. The summed E-state index contributed by atoms with van der Waals surface area (Å²) in [5.41, 5.74) is 4.12. The van der Waals surface area contributed by atoms with Crippen molar-refractivity contribution in [2.75, 3.05) is 13.1 Å². The maximum absolute atomic E-state index is 14.6. The lowest BCUT2D eigenvalue weighted by Crippen LogP contribution is -2.24. The highest BCUT2D eigenvalue weighted by atomic mass is 35.5. The molecule has 0 radical (unpaired) electrons. The van der Waals surface area contributed by atoms with Gasteiger partial charge in [0.05, 0.1) is 35.9 Å². The maximum Gasteiger partial charge on any atom is 0.135 e. The Balaban J connectivity index is 1.95. The summed E-state index contributed by atoms with van der Waals surface area (Å²) in [4.78, 5) is 11.7. The van der Waals surface area contributed by atoms with Crippen molar-refractivity contribution in [3.05, 3.63) is 81.6 Å². The van der Waals surface area contributed by atoms with E-state index in [1.54, 1.807) is 18.2 Å². The SMILES string of the molecule is CCN(CC)Cc1c(CO)nc2n1-c1ccc(Cl)cc1C(c1ccccc1F)=NC2. The molecule has 1 aliphatic rings. The molecule has 4 rings (SSSR count). The average molecular weight is 427 g/mol. The molecule has 156 valence electrons. The molecule has 7 heteroatoms. The number of aliphatic imine (C=N–C) groups is 1. The number of nitrogens with zero attached hydrogens (tertiary/aromatic N) is 4. The van der Waals surface area contributed by atoms with Crippen LogP contribution in [0.25, 0.3) is 5.69 Å². The molecular weight excluding hydrogens is 403 g/mol. The fourth-order valence-electron chi connectivity index (χ4n) is 3.90. The molecule has 0 aliphatic carbocycles. The van der Waals surface area contributed by atoms with Crippen LogP contribution in [0.2, 0.25) is 5.02 Å². The molecule has 3 aromatic rings. The molecule has 30 heavy (non-hydrogen) atoms. The molecule has 1 N–H and O–H groups in total. The van der Waals surface area contributed by atoms with Crippen LogP contribution in [0, 0.1) is 5.82 Å². The van der Waals surface area contributed by atoms with Gasteiger partial charge in [0.1, 0.15) is 11.6 Å². The zero-order valence-corrected chi connectivity index (χ0v) is 17.8. The van der Waals surface area contributed by atoms with Crippen LogP contribution in [0.1, 0.15) is 42.2 Å². The van der Waals surface area contributed by atoms with Gasteiger partial charge in [-0.25, -0.2) is 9.37 Å². The van der Waals surface area contributed by atoms with E-state index in [-0.39, 0.29) is 19.0 Å². The highest BCUT2D eigenvalue weighted by Gasteiger charge is 2.26. The van der Waals surface area contributed by atoms with E-state index in [4.69, 9.17) is 16.6 Å². The summed E-state index contributed by atoms with van der Waals surface area (Å²) < 4.78 is 16.7. The Morgan fingerprint density at radius 1 is 1.13 bits per heavy atom. The highest BCUT2D eigenvalue weighted by Crippen LogP contribution is 2.31. The highest BCUT2D eigenvalue weighted by molar-refractivity contribution is 6.31. The van der Waals surface area contributed by atoms with Crippen molar-refractivity contribution in [1.82, 2.24) is 14.5 Å². The standard InChI is InChI=1S/C23H24ClFN4O/c1-3-28(4-2)13-21-19(14-30)27-22-12-26-23(16-7-5-6-8-18(16)25)17-11-15(24)9-10-20(17)29(21)22/h5-11,30H,3-4,12-14H2,1-2H3. The van der Waals surface area contributed by atoms with Crippen LogP contribution < -0.4 is 0 Å². The number of aliphatic hydroxyl groups is 1. The molecule has 2 heterocycles. The predicted octanol–water partition coefficient (Wildman–Crippen LogP) is 4.35. The molecule has 1 aliphatic heterocycles. The fraction of sp³-hybridized carbons (Fsp3) is 0.304. The van der Waals surface area contributed by atoms with E-state index in [9.17, 15) is 9.50 Å². The van der Waals surface area contributed by atoms with Crippen molar-refractivity contribution in [3.8, 4) is 5.69 Å². The normalized spacial score (nSPS) is 13.1. The molecule has 2 aromatic carbocycles. The molecule has 0 unspecified atom stereocenters. The monoisotopic (exact) mass is 426 g/mol. The number of hydrogen-bond acceptors (Lipinski definition) is 4. The summed E-state index contributed by atoms with van der Waals surface area (Å²) in [6.07, 6.45) is 0. The van der Waals surface area contributed by atoms with Crippen molar-refractivity contribution in [2.45, 2.75) is 33.5 Å². The minimum atomic E-state index is -0.332. The summed E-state index contributed by atoms with van der Waals surface area (Å²) in [5.74, 6) is 0.386. The molecule has 0 bridgehead atoms. The Kier molecular flexibility index (Phi) is 5.99. The zero-order valence-electron chi connectivity index (χ0n) is 17.1. The van der Waals surface area contributed by atoms with E-state index < -0.39 is 0 Å². The lowest BCUT2D eigenvalue weighted by Gasteiger charge is -2.21. The molecule has 0 amide bonds. The van der Waals surface area contributed by atoms with Gasteiger partial charge in [0.25, 0.3) is 0 Å². The lowest BCUT2D eigenvalue weighted by molar-refractivity contribution is 0.263. The van der Waals surface area contributed by atoms with Crippen LogP contribution >= 0.6 is 11.6 Å². The van der Waals surface area contributed by atoms with E-state index >= 15 is 0 Å². The van der Waals surface area contributed by atoms with E-state index in [1.807, 2.05) is 22.8 Å². The van der Waals surface area contributed by atoms with Gasteiger partial charge in [-0.2, -0.15) is 0 Å². The summed E-state index contributed by atoms with van der Waals surface area (Å²) in [5, 5.41) is 10.5. The Hall–Kier alpha value is -2.54. The Labute approximate surface area is 180 Å². The van der Waals surface area contributed by atoms with E-state index in [0.29, 0.717) is 28.5 Å². The first kappa shape index (κ1) is 20.7. The third-order valence-corrected chi connectivity index (χ3v) is 5.74. The van der Waals surface area contributed by atoms with Crippen molar-refractivity contribution in [2.24, 2.45) is 4.99 Å². The van der Waals surface area contributed by atoms with Crippen molar-refractivity contribution in [1.29, 1.82) is 0 Å². The van der Waals surface area contributed by atoms with Gasteiger partial charge in [-0.3, -0.25) is 14.5 Å². The number of fused-ring (bicyclic) bond motifs is 3. The van der Waals surface area contributed by atoms with E-state index in [1.165, 1.54) is 6.07 Å². The minimum absolute atomic E-state index is 0.149. The van der Waals surface area contributed by atoms with Crippen molar-refractivity contribution >= 4 is 17.3 Å². The van der Waals surface area contributed by atoms with E-state index in [2.05, 4.69) is 23.7 Å². The van der Waals surface area contributed by atoms with E-state index in [0.717, 1.165) is 35.9 Å². The second kappa shape index (κ2) is 8.68. The van der Waals surface area contributed by atoms with Gasteiger partial charge >= 0.3 is 0 Å². The Morgan fingerprint density at radius 3 is 2.60 bits per heavy atom. The molecule has 5 nitrogen and oxygen atoms in total. The fourth-order valence-corrected chi connectivity index (χ4v) is 4.08. The number of hydrogen-bond donors (Lipinski definition) is 1. The van der Waals surface area contributed by atoms with Gasteiger partial charge in [0.15, 0.2) is 0 Å². The minimum Gasteiger partial charge on any atom is -0.390 e. The summed E-state index contributed by atoms with van der Waals surface area (Å²) >= 11 is 6.33. The van der Waals surface area contributed by atoms with Gasteiger partial charge in [0, 0.05) is 22.7 Å². The number of rotatable bonds is 6. The number of benzene rings is 2. The first-order chi connectivity index (χ1) is 14.6. The van der Waals surface area contributed by atoms with Crippen LogP contribution in [0.5, 0.6) is 0 Å².